The number of nitrogens with zero attached hydrogens (tertiary/aromatic N) is 3. The normalized spacial score (nSPS) is 11.8. The van der Waals surface area contributed by atoms with Crippen molar-refractivity contribution in [1.82, 2.24) is 14.7 Å². The summed E-state index contributed by atoms with van der Waals surface area (Å²) in [5.74, 6) is -0.0354. The number of amides is 2. The number of hydrogen-bond donors (Lipinski definition) is 1. The van der Waals surface area contributed by atoms with Crippen molar-refractivity contribution in [3.63, 3.8) is 0 Å². The van der Waals surface area contributed by atoms with Gasteiger partial charge in [0, 0.05) is 23.6 Å². The maximum atomic E-state index is 13.2. The minimum atomic E-state index is -4.58. The van der Waals surface area contributed by atoms with Crippen LogP contribution in [0.25, 0.3) is 5.69 Å². The number of rotatable bonds is 10. The number of aromatic nitrogens is 2. The van der Waals surface area contributed by atoms with Crippen LogP contribution in [0.4, 0.5) is 19.0 Å². The number of anilines is 1. The Bertz CT molecular complexity index is 1280. The smallest absolute Gasteiger partial charge is 0.416 e. The fraction of sp³-hybridized carbons (Fsp3) is 0.414. The number of ether oxygens (including phenoxy) is 1. The molecule has 0 radical (unpaired) electrons. The monoisotopic (exact) mass is 544 g/mol. The second-order valence-electron chi connectivity index (χ2n) is 10.3. The Morgan fingerprint density at radius 1 is 1.03 bits per heavy atom. The van der Waals surface area contributed by atoms with Crippen LogP contribution < -0.4 is 10.1 Å². The van der Waals surface area contributed by atoms with Crippen LogP contribution in [0.3, 0.4) is 0 Å². The SMILES string of the molecule is CCCCCN(CC(=O)Nc1cc(C(C)(C)C)nn1-c1ccc(OC)cc1)C(=O)c1cccc(C(F)(F)F)c1. The zero-order valence-corrected chi connectivity index (χ0v) is 22.9. The Kier molecular flexibility index (Phi) is 9.42. The highest BCUT2D eigenvalue weighted by Gasteiger charge is 2.31. The van der Waals surface area contributed by atoms with Crippen molar-refractivity contribution in [1.29, 1.82) is 0 Å². The van der Waals surface area contributed by atoms with E-state index in [-0.39, 0.29) is 24.1 Å². The Morgan fingerprint density at radius 2 is 1.72 bits per heavy atom. The van der Waals surface area contributed by atoms with Gasteiger partial charge in [0.1, 0.15) is 18.1 Å². The number of alkyl halides is 3. The lowest BCUT2D eigenvalue weighted by Gasteiger charge is -2.23. The molecule has 3 aromatic rings. The van der Waals surface area contributed by atoms with Crippen LogP contribution in [-0.4, -0.2) is 46.7 Å². The summed E-state index contributed by atoms with van der Waals surface area (Å²) in [6.45, 7) is 7.92. The molecule has 0 spiro atoms. The molecule has 0 fully saturated rings. The number of halogens is 3. The van der Waals surface area contributed by atoms with Crippen LogP contribution >= 0.6 is 0 Å². The topological polar surface area (TPSA) is 76.5 Å². The number of benzene rings is 2. The molecule has 0 atom stereocenters. The second kappa shape index (κ2) is 12.4. The van der Waals surface area contributed by atoms with Gasteiger partial charge in [-0.25, -0.2) is 4.68 Å². The highest BCUT2D eigenvalue weighted by Crippen LogP contribution is 2.30. The highest BCUT2D eigenvalue weighted by molar-refractivity contribution is 5.99. The molecule has 0 aliphatic carbocycles. The lowest BCUT2D eigenvalue weighted by molar-refractivity contribution is -0.137. The molecule has 0 saturated heterocycles. The van der Waals surface area contributed by atoms with Crippen LogP contribution in [0.15, 0.2) is 54.6 Å². The molecule has 1 heterocycles. The fourth-order valence-electron chi connectivity index (χ4n) is 3.93. The van der Waals surface area contributed by atoms with E-state index in [9.17, 15) is 22.8 Å². The Hall–Kier alpha value is -3.82. The summed E-state index contributed by atoms with van der Waals surface area (Å²) in [5, 5.41) is 7.54. The molecular formula is C29H35F3N4O3. The summed E-state index contributed by atoms with van der Waals surface area (Å²) in [6, 6.07) is 13.2. The van der Waals surface area contributed by atoms with Crippen molar-refractivity contribution in [3.8, 4) is 11.4 Å². The molecule has 3 rings (SSSR count). The van der Waals surface area contributed by atoms with Crippen molar-refractivity contribution in [2.45, 2.75) is 58.5 Å². The predicted octanol–water partition coefficient (Wildman–Crippen LogP) is 6.47. The third-order valence-corrected chi connectivity index (χ3v) is 6.15. The fourth-order valence-corrected chi connectivity index (χ4v) is 3.93. The van der Waals surface area contributed by atoms with E-state index in [4.69, 9.17) is 4.74 Å². The van der Waals surface area contributed by atoms with Gasteiger partial charge >= 0.3 is 6.18 Å². The van der Waals surface area contributed by atoms with E-state index in [0.717, 1.165) is 30.7 Å². The molecule has 1 aromatic heterocycles. The molecule has 39 heavy (non-hydrogen) atoms. The maximum Gasteiger partial charge on any atom is 0.416 e. The summed E-state index contributed by atoms with van der Waals surface area (Å²) >= 11 is 0. The molecule has 210 valence electrons. The number of carbonyl (C=O) groups is 2. The third-order valence-electron chi connectivity index (χ3n) is 6.15. The Balaban J connectivity index is 1.87. The Morgan fingerprint density at radius 3 is 2.31 bits per heavy atom. The first-order valence-electron chi connectivity index (χ1n) is 12.8. The van der Waals surface area contributed by atoms with Gasteiger partial charge in [-0.1, -0.05) is 46.6 Å². The first-order valence-corrected chi connectivity index (χ1v) is 12.8. The lowest BCUT2D eigenvalue weighted by atomic mass is 9.92. The number of carbonyl (C=O) groups excluding carboxylic acids is 2. The first-order chi connectivity index (χ1) is 18.3. The summed E-state index contributed by atoms with van der Waals surface area (Å²) in [5.41, 5.74) is 0.106. The van der Waals surface area contributed by atoms with Gasteiger partial charge in [-0.15, -0.1) is 0 Å². The maximum absolute atomic E-state index is 13.2. The molecule has 1 N–H and O–H groups in total. The molecule has 0 aliphatic heterocycles. The first kappa shape index (κ1) is 29.7. The molecule has 2 amide bonds. The van der Waals surface area contributed by atoms with E-state index < -0.39 is 23.6 Å². The van der Waals surface area contributed by atoms with Crippen molar-refractivity contribution in [2.75, 3.05) is 25.5 Å². The van der Waals surface area contributed by atoms with E-state index in [1.807, 2.05) is 39.8 Å². The predicted molar refractivity (Wildman–Crippen MR) is 144 cm³/mol. The average Bonchev–Trinajstić information content (AvgIpc) is 3.31. The quantitative estimate of drug-likeness (QED) is 0.297. The van der Waals surface area contributed by atoms with Crippen molar-refractivity contribution < 1.29 is 27.5 Å². The van der Waals surface area contributed by atoms with Gasteiger partial charge in [0.05, 0.1) is 24.1 Å². The van der Waals surface area contributed by atoms with Gasteiger partial charge in [0.25, 0.3) is 5.91 Å². The number of methoxy groups -OCH3 is 1. The van der Waals surface area contributed by atoms with Gasteiger partial charge in [0.15, 0.2) is 0 Å². The number of hydrogen-bond acceptors (Lipinski definition) is 4. The largest absolute Gasteiger partial charge is 0.497 e. The van der Waals surface area contributed by atoms with Gasteiger partial charge in [-0.2, -0.15) is 18.3 Å². The number of unbranched alkanes of at least 4 members (excludes halogenated alkanes) is 2. The van der Waals surface area contributed by atoms with Crippen molar-refractivity contribution in [3.05, 3.63) is 71.4 Å². The van der Waals surface area contributed by atoms with Crippen LogP contribution in [-0.2, 0) is 16.4 Å². The molecule has 0 saturated carbocycles. The standard InChI is InChI=1S/C29H35F3N4O3/c1-6-7-8-16-35(27(38)20-10-9-11-21(17-20)29(30,31)32)19-26(37)33-25-18-24(28(2,3)4)34-36(25)22-12-14-23(39-5)15-13-22/h9-15,17-18H,6-8,16,19H2,1-5H3,(H,33,37). The van der Waals surface area contributed by atoms with Crippen LogP contribution in [0.1, 0.15) is 68.6 Å². The molecule has 0 bridgehead atoms. The summed E-state index contributed by atoms with van der Waals surface area (Å²) in [7, 11) is 1.57. The molecule has 10 heteroatoms. The van der Waals surface area contributed by atoms with Gasteiger partial charge < -0.3 is 15.0 Å². The zero-order valence-electron chi connectivity index (χ0n) is 22.9. The second-order valence-corrected chi connectivity index (χ2v) is 10.3. The van der Waals surface area contributed by atoms with E-state index in [2.05, 4.69) is 10.4 Å². The van der Waals surface area contributed by atoms with Crippen LogP contribution in [0, 0.1) is 0 Å². The van der Waals surface area contributed by atoms with E-state index in [0.29, 0.717) is 23.7 Å². The third kappa shape index (κ3) is 7.84. The summed E-state index contributed by atoms with van der Waals surface area (Å²) in [6.07, 6.45) is -2.26. The van der Waals surface area contributed by atoms with Crippen LogP contribution in [0.2, 0.25) is 0 Å². The Labute approximate surface area is 227 Å². The average molecular weight is 545 g/mol. The van der Waals surface area contributed by atoms with E-state index >= 15 is 0 Å². The van der Waals surface area contributed by atoms with Gasteiger partial charge in [-0.3, -0.25) is 9.59 Å². The van der Waals surface area contributed by atoms with E-state index in [1.54, 1.807) is 30.0 Å². The van der Waals surface area contributed by atoms with Gasteiger partial charge in [0.2, 0.25) is 5.91 Å². The number of nitrogens with one attached hydrogen (secondary N) is 1. The summed E-state index contributed by atoms with van der Waals surface area (Å²) in [4.78, 5) is 27.7. The zero-order chi connectivity index (χ0) is 28.8. The minimum Gasteiger partial charge on any atom is -0.497 e. The highest BCUT2D eigenvalue weighted by atomic mass is 19.4. The van der Waals surface area contributed by atoms with Crippen molar-refractivity contribution in [2.24, 2.45) is 0 Å². The lowest BCUT2D eigenvalue weighted by Crippen LogP contribution is -2.39. The minimum absolute atomic E-state index is 0.118. The summed E-state index contributed by atoms with van der Waals surface area (Å²) < 4.78 is 46.5. The molecule has 0 aliphatic rings. The molecule has 0 unspecified atom stereocenters. The molecular weight excluding hydrogens is 509 g/mol. The molecule has 7 nitrogen and oxygen atoms in total. The van der Waals surface area contributed by atoms with Crippen molar-refractivity contribution >= 4 is 17.6 Å². The van der Waals surface area contributed by atoms with Gasteiger partial charge in [-0.05, 0) is 48.9 Å². The van der Waals surface area contributed by atoms with Crippen LogP contribution in [0.5, 0.6) is 5.75 Å². The van der Waals surface area contributed by atoms with E-state index in [1.165, 1.54) is 17.0 Å². The molecule has 2 aromatic carbocycles.